The largest absolute Gasteiger partial charge is 0.508 e. The van der Waals surface area contributed by atoms with Gasteiger partial charge >= 0.3 is 0 Å². The average molecular weight is 513 g/mol. The average Bonchev–Trinajstić information content (AvgIpc) is 3.65. The minimum absolute atomic E-state index is 0.0677. The highest BCUT2D eigenvalue weighted by molar-refractivity contribution is 6.03. The molecule has 1 aromatic heterocycles. The summed E-state index contributed by atoms with van der Waals surface area (Å²) < 4.78 is 16.9. The van der Waals surface area contributed by atoms with Gasteiger partial charge in [0.2, 0.25) is 0 Å². The maximum Gasteiger partial charge on any atom is 0.260 e. The molecule has 1 saturated carbocycles. The molecule has 0 atom stereocenters. The van der Waals surface area contributed by atoms with Crippen LogP contribution >= 0.6 is 0 Å². The van der Waals surface area contributed by atoms with Gasteiger partial charge in [0.15, 0.2) is 0 Å². The highest BCUT2D eigenvalue weighted by atomic mass is 19.1. The first-order valence-corrected chi connectivity index (χ1v) is 12.9. The predicted molar refractivity (Wildman–Crippen MR) is 143 cm³/mol. The smallest absolute Gasteiger partial charge is 0.260 e. The van der Waals surface area contributed by atoms with Gasteiger partial charge in [-0.3, -0.25) is 4.79 Å². The minimum atomic E-state index is -0.349. The Morgan fingerprint density at radius 3 is 2.42 bits per heavy atom. The molecule has 0 spiro atoms. The molecular weight excluding hydrogens is 483 g/mol. The Hall–Kier alpha value is -4.33. The van der Waals surface area contributed by atoms with E-state index in [-0.39, 0.29) is 40.5 Å². The number of aryl methyl sites for hydroxylation is 1. The van der Waals surface area contributed by atoms with Crippen LogP contribution in [0.25, 0.3) is 11.3 Å². The normalized spacial score (nSPS) is 15.2. The molecule has 2 heterocycles. The van der Waals surface area contributed by atoms with Crippen LogP contribution in [-0.2, 0) is 13.1 Å². The van der Waals surface area contributed by atoms with Gasteiger partial charge in [-0.15, -0.1) is 0 Å². The molecule has 1 amide bonds. The molecular formula is C30H29FN4O3. The fraction of sp³-hybridized carbons (Fsp3) is 0.267. The van der Waals surface area contributed by atoms with Crippen LogP contribution in [0.4, 0.5) is 15.9 Å². The van der Waals surface area contributed by atoms with Crippen LogP contribution in [0.2, 0.25) is 0 Å². The molecule has 38 heavy (non-hydrogen) atoms. The number of hydrogen-bond donors (Lipinski definition) is 3. The lowest BCUT2D eigenvalue weighted by Gasteiger charge is -2.21. The Balaban J connectivity index is 1.40. The maximum absolute atomic E-state index is 15.0. The van der Waals surface area contributed by atoms with Crippen LogP contribution in [0, 0.1) is 12.7 Å². The number of amides is 1. The van der Waals surface area contributed by atoms with Crippen molar-refractivity contribution in [2.45, 2.75) is 51.7 Å². The van der Waals surface area contributed by atoms with Crippen molar-refractivity contribution in [3.05, 3.63) is 88.7 Å². The first-order chi connectivity index (χ1) is 18.4. The van der Waals surface area contributed by atoms with E-state index in [0.29, 0.717) is 35.7 Å². The van der Waals surface area contributed by atoms with Crippen molar-refractivity contribution >= 4 is 17.4 Å². The lowest BCUT2D eigenvalue weighted by molar-refractivity contribution is 0.0749. The number of nitrogens with one attached hydrogen (secondary N) is 1. The summed E-state index contributed by atoms with van der Waals surface area (Å²) in [5, 5.41) is 29.2. The monoisotopic (exact) mass is 512 g/mol. The number of hydrogen-bond acceptors (Lipinski definition) is 5. The van der Waals surface area contributed by atoms with Gasteiger partial charge in [0.25, 0.3) is 5.91 Å². The van der Waals surface area contributed by atoms with Crippen LogP contribution in [-0.4, -0.2) is 30.8 Å². The number of carbonyl (C=O) groups excluding carboxylic acids is 1. The molecule has 1 aliphatic heterocycles. The van der Waals surface area contributed by atoms with E-state index >= 15 is 4.39 Å². The van der Waals surface area contributed by atoms with Crippen LogP contribution in [0.5, 0.6) is 11.5 Å². The quantitative estimate of drug-likeness (QED) is 0.287. The molecule has 0 radical (unpaired) electrons. The number of aromatic hydroxyl groups is 2. The van der Waals surface area contributed by atoms with Gasteiger partial charge < -0.3 is 20.4 Å². The molecule has 4 aromatic rings. The van der Waals surface area contributed by atoms with Crippen LogP contribution in [0.3, 0.4) is 0 Å². The molecule has 3 aromatic carbocycles. The summed E-state index contributed by atoms with van der Waals surface area (Å²) in [5.41, 5.74) is 3.87. The second-order valence-electron chi connectivity index (χ2n) is 10.2. The van der Waals surface area contributed by atoms with Crippen molar-refractivity contribution in [2.24, 2.45) is 0 Å². The third-order valence-electron chi connectivity index (χ3n) is 7.58. The molecule has 7 nitrogen and oxygen atoms in total. The number of aromatic nitrogens is 2. The van der Waals surface area contributed by atoms with Gasteiger partial charge in [-0.2, -0.15) is 5.10 Å². The fourth-order valence-corrected chi connectivity index (χ4v) is 5.60. The van der Waals surface area contributed by atoms with E-state index in [9.17, 15) is 15.0 Å². The molecule has 0 bridgehead atoms. The number of phenolic OH excluding ortho intramolecular Hbond substituents is 2. The zero-order valence-corrected chi connectivity index (χ0v) is 21.1. The van der Waals surface area contributed by atoms with E-state index in [4.69, 9.17) is 5.10 Å². The van der Waals surface area contributed by atoms with Gasteiger partial charge in [-0.05, 0) is 42.5 Å². The fourth-order valence-electron chi connectivity index (χ4n) is 5.60. The van der Waals surface area contributed by atoms with E-state index in [1.54, 1.807) is 36.1 Å². The number of nitrogens with zero attached hydrogens (tertiary/aromatic N) is 3. The van der Waals surface area contributed by atoms with Crippen molar-refractivity contribution in [3.8, 4) is 22.8 Å². The lowest BCUT2D eigenvalue weighted by atomic mass is 10.1. The molecule has 2 aliphatic rings. The number of halogens is 1. The van der Waals surface area contributed by atoms with Crippen LogP contribution in [0.1, 0.15) is 58.8 Å². The minimum Gasteiger partial charge on any atom is -0.508 e. The van der Waals surface area contributed by atoms with Crippen LogP contribution < -0.4 is 5.32 Å². The number of fused-ring (bicyclic) bond motifs is 1. The number of anilines is 2. The molecule has 1 aliphatic carbocycles. The van der Waals surface area contributed by atoms with Crippen molar-refractivity contribution in [1.82, 2.24) is 14.7 Å². The summed E-state index contributed by atoms with van der Waals surface area (Å²) in [7, 11) is 0. The summed E-state index contributed by atoms with van der Waals surface area (Å²) >= 11 is 0. The van der Waals surface area contributed by atoms with Crippen molar-refractivity contribution in [2.75, 3.05) is 5.32 Å². The summed E-state index contributed by atoms with van der Waals surface area (Å²) in [6, 6.07) is 17.6. The Morgan fingerprint density at radius 2 is 1.71 bits per heavy atom. The molecule has 0 saturated heterocycles. The Kier molecular flexibility index (Phi) is 6.02. The molecule has 1 fully saturated rings. The number of benzene rings is 3. The standard InChI is InChI=1S/C30H29FN4O3/c1-18-7-6-12-23(29(18)31)24-15-27(35(33-24)21-10-4-5-11-21)32-25-13-22(36)14-26(37)28(25)30(38)34-16-19-8-2-3-9-20(19)17-34/h2-3,6-9,12-15,21,32,36-37H,4-5,10-11,16-17H2,1H3. The van der Waals surface area contributed by atoms with Gasteiger partial charge in [-0.25, -0.2) is 9.07 Å². The third-order valence-corrected chi connectivity index (χ3v) is 7.58. The Morgan fingerprint density at radius 1 is 1.00 bits per heavy atom. The second kappa shape index (κ2) is 9.52. The first-order valence-electron chi connectivity index (χ1n) is 12.9. The van der Waals surface area contributed by atoms with Gasteiger partial charge in [0, 0.05) is 36.9 Å². The zero-order chi connectivity index (χ0) is 26.4. The van der Waals surface area contributed by atoms with Crippen molar-refractivity contribution < 1.29 is 19.4 Å². The molecule has 8 heteroatoms. The zero-order valence-electron chi connectivity index (χ0n) is 21.1. The predicted octanol–water partition coefficient (Wildman–Crippen LogP) is 6.42. The number of phenols is 2. The summed E-state index contributed by atoms with van der Waals surface area (Å²) in [6.07, 6.45) is 4.03. The van der Waals surface area contributed by atoms with Gasteiger partial charge in [0.05, 0.1) is 17.4 Å². The van der Waals surface area contributed by atoms with E-state index < -0.39 is 0 Å². The van der Waals surface area contributed by atoms with Gasteiger partial charge in [-0.1, -0.05) is 49.2 Å². The highest BCUT2D eigenvalue weighted by Crippen LogP contribution is 2.39. The Labute approximate surface area is 220 Å². The second-order valence-corrected chi connectivity index (χ2v) is 10.2. The molecule has 194 valence electrons. The lowest BCUT2D eigenvalue weighted by Crippen LogP contribution is -2.26. The molecule has 3 N–H and O–H groups in total. The topological polar surface area (TPSA) is 90.6 Å². The summed E-state index contributed by atoms with van der Waals surface area (Å²) in [4.78, 5) is 15.4. The number of carbonyl (C=O) groups is 1. The van der Waals surface area contributed by atoms with Gasteiger partial charge in [0.1, 0.15) is 28.7 Å². The third kappa shape index (κ3) is 4.26. The van der Waals surface area contributed by atoms with Crippen molar-refractivity contribution in [1.29, 1.82) is 0 Å². The SMILES string of the molecule is Cc1cccc(-c2cc(Nc3cc(O)cc(O)c3C(=O)N3Cc4ccccc4C3)n(C3CCCC3)n2)c1F. The summed E-state index contributed by atoms with van der Waals surface area (Å²) in [6.45, 7) is 2.59. The van der Waals surface area contributed by atoms with E-state index in [1.165, 1.54) is 12.1 Å². The van der Waals surface area contributed by atoms with E-state index in [0.717, 1.165) is 36.8 Å². The number of rotatable bonds is 5. The van der Waals surface area contributed by atoms with Crippen molar-refractivity contribution in [3.63, 3.8) is 0 Å². The first kappa shape index (κ1) is 24.0. The molecule has 0 unspecified atom stereocenters. The van der Waals surface area contributed by atoms with Crippen LogP contribution in [0.15, 0.2) is 60.7 Å². The van der Waals surface area contributed by atoms with E-state index in [2.05, 4.69) is 5.32 Å². The Bertz CT molecular complexity index is 1520. The molecule has 6 rings (SSSR count). The summed E-state index contributed by atoms with van der Waals surface area (Å²) in [5.74, 6) is -0.599. The highest BCUT2D eigenvalue weighted by Gasteiger charge is 2.30. The maximum atomic E-state index is 15.0. The van der Waals surface area contributed by atoms with E-state index in [1.807, 2.05) is 28.9 Å².